The average Bonchev–Trinajstić information content (AvgIpc) is 3.53. The number of thioether (sulfide) groups is 1. The zero-order chi connectivity index (χ0) is 28.8. The minimum Gasteiger partial charge on any atom is -0.361 e. The van der Waals surface area contributed by atoms with Crippen LogP contribution in [0.3, 0.4) is 0 Å². The van der Waals surface area contributed by atoms with Gasteiger partial charge in [0.15, 0.2) is 5.13 Å². The Morgan fingerprint density at radius 1 is 0.975 bits per heavy atom. The smallest absolute Gasteiger partial charge is 0.345 e. The first-order chi connectivity index (χ1) is 19.2. The lowest BCUT2D eigenvalue weighted by molar-refractivity contribution is -0.385. The second-order valence-corrected chi connectivity index (χ2v) is 10.2. The molecule has 2 N–H and O–H groups in total. The zero-order valence-electron chi connectivity index (χ0n) is 20.3. The van der Waals surface area contributed by atoms with Gasteiger partial charge in [-0.15, -0.1) is 0 Å². The predicted molar refractivity (Wildman–Crippen MR) is 147 cm³/mol. The van der Waals surface area contributed by atoms with Crippen molar-refractivity contribution in [2.24, 2.45) is 0 Å². The lowest BCUT2D eigenvalue weighted by Gasteiger charge is -2.22. The molecule has 3 aromatic rings. The van der Waals surface area contributed by atoms with E-state index in [9.17, 15) is 39.9 Å². The van der Waals surface area contributed by atoms with Gasteiger partial charge >= 0.3 is 11.0 Å². The molecule has 1 atom stereocenters. The molecule has 2 heterocycles. The molecule has 3 amide bonds. The molecule has 0 saturated carbocycles. The van der Waals surface area contributed by atoms with Crippen molar-refractivity contribution in [3.8, 4) is 0 Å². The number of anilines is 1. The summed E-state index contributed by atoms with van der Waals surface area (Å²) in [4.78, 5) is 63.4. The second-order valence-electron chi connectivity index (χ2n) is 8.06. The topological polar surface area (TPSA) is 204 Å². The van der Waals surface area contributed by atoms with Gasteiger partial charge in [0.1, 0.15) is 11.6 Å². The van der Waals surface area contributed by atoms with Crippen LogP contribution in [0.4, 0.5) is 26.3 Å². The molecule has 4 rings (SSSR count). The fraction of sp³-hybridized carbons (Fsp3) is 0.174. The third-order valence-electron chi connectivity index (χ3n) is 5.52. The highest BCUT2D eigenvalue weighted by atomic mass is 32.2. The van der Waals surface area contributed by atoms with E-state index in [-0.39, 0.29) is 39.0 Å². The number of nitrogens with zero attached hydrogens (tertiary/aromatic N) is 5. The summed E-state index contributed by atoms with van der Waals surface area (Å²) in [7, 11) is 0. The van der Waals surface area contributed by atoms with E-state index in [4.69, 9.17) is 0 Å². The highest BCUT2D eigenvalue weighted by Crippen LogP contribution is 2.48. The molecule has 0 aliphatic carbocycles. The molecule has 0 spiro atoms. The molecule has 1 fully saturated rings. The Kier molecular flexibility index (Phi) is 8.65. The summed E-state index contributed by atoms with van der Waals surface area (Å²) < 4.78 is 0. The van der Waals surface area contributed by atoms with E-state index >= 15 is 0 Å². The molecular weight excluding hydrogens is 566 g/mol. The van der Waals surface area contributed by atoms with Crippen molar-refractivity contribution >= 4 is 62.6 Å². The van der Waals surface area contributed by atoms with Crippen LogP contribution in [-0.2, 0) is 4.79 Å². The number of para-hydroxylation sites is 2. The normalized spacial score (nSPS) is 15.7. The Morgan fingerprint density at radius 3 is 2.33 bits per heavy atom. The summed E-state index contributed by atoms with van der Waals surface area (Å²) in [6.07, 6.45) is 2.78. The van der Waals surface area contributed by atoms with Crippen LogP contribution in [0.25, 0.3) is 6.08 Å². The number of nitro benzene ring substituents is 2. The van der Waals surface area contributed by atoms with Crippen LogP contribution < -0.4 is 10.6 Å². The molecule has 40 heavy (non-hydrogen) atoms. The van der Waals surface area contributed by atoms with Crippen molar-refractivity contribution in [1.82, 2.24) is 15.2 Å². The van der Waals surface area contributed by atoms with E-state index in [2.05, 4.69) is 15.6 Å². The van der Waals surface area contributed by atoms with Crippen molar-refractivity contribution in [1.29, 1.82) is 0 Å². The Balaban J connectivity index is 1.53. The molecule has 0 radical (unpaired) electrons. The quantitative estimate of drug-likeness (QED) is 0.144. The van der Waals surface area contributed by atoms with Crippen LogP contribution in [0.1, 0.15) is 22.9 Å². The minimum atomic E-state index is -1.10. The van der Waals surface area contributed by atoms with Crippen LogP contribution in [0.5, 0.6) is 0 Å². The lowest BCUT2D eigenvalue weighted by atomic mass is 10.1. The average molecular weight is 586 g/mol. The zero-order valence-corrected chi connectivity index (χ0v) is 21.9. The highest BCUT2D eigenvalue weighted by Gasteiger charge is 2.44. The first-order valence-electron chi connectivity index (χ1n) is 11.5. The number of aromatic nitrogens is 1. The van der Waals surface area contributed by atoms with Gasteiger partial charge < -0.3 is 10.6 Å². The number of nitro groups is 3. The van der Waals surface area contributed by atoms with Crippen LogP contribution >= 0.6 is 23.1 Å². The first kappa shape index (κ1) is 28.1. The number of carbonyl (C=O) groups excluding carboxylic acids is 2. The molecule has 1 unspecified atom stereocenters. The van der Waals surface area contributed by atoms with Crippen molar-refractivity contribution in [2.75, 3.05) is 18.4 Å². The third-order valence-corrected chi connectivity index (χ3v) is 7.66. The molecule has 1 saturated heterocycles. The summed E-state index contributed by atoms with van der Waals surface area (Å²) in [6, 6.07) is 10.7. The molecule has 17 heteroatoms. The van der Waals surface area contributed by atoms with E-state index in [1.165, 1.54) is 42.5 Å². The third kappa shape index (κ3) is 6.21. The van der Waals surface area contributed by atoms with Gasteiger partial charge in [-0.2, -0.15) is 0 Å². The fourth-order valence-corrected chi connectivity index (χ4v) is 5.64. The Labute approximate surface area is 233 Å². The van der Waals surface area contributed by atoms with Crippen molar-refractivity contribution < 1.29 is 24.4 Å². The Morgan fingerprint density at radius 2 is 1.65 bits per heavy atom. The lowest BCUT2D eigenvalue weighted by Crippen LogP contribution is -2.42. The SMILES string of the molecule is O=C(NCCCNc1ncc([N+](=O)[O-])s1)N1C(=O)/C(=C/c2ccccc2[N+](=O)[O-])SC1c1ccccc1[N+](=O)[O-]. The number of thiazole rings is 1. The van der Waals surface area contributed by atoms with E-state index < -0.39 is 32.1 Å². The van der Waals surface area contributed by atoms with Gasteiger partial charge in [0, 0.05) is 25.2 Å². The van der Waals surface area contributed by atoms with Gasteiger partial charge in [0.25, 0.3) is 17.3 Å². The van der Waals surface area contributed by atoms with Gasteiger partial charge in [-0.05, 0) is 36.0 Å². The summed E-state index contributed by atoms with van der Waals surface area (Å²) in [5.41, 5.74) is -0.287. The minimum absolute atomic E-state index is 0.000341. The van der Waals surface area contributed by atoms with Crippen LogP contribution in [0.2, 0.25) is 0 Å². The molecule has 206 valence electrons. The number of urea groups is 1. The van der Waals surface area contributed by atoms with E-state index in [0.29, 0.717) is 18.1 Å². The van der Waals surface area contributed by atoms with Crippen LogP contribution in [-0.4, -0.2) is 49.7 Å². The van der Waals surface area contributed by atoms with Gasteiger partial charge in [-0.25, -0.2) is 14.7 Å². The molecule has 0 bridgehead atoms. The number of carbonyl (C=O) groups is 2. The summed E-state index contributed by atoms with van der Waals surface area (Å²) >= 11 is 1.74. The van der Waals surface area contributed by atoms with E-state index in [1.54, 1.807) is 12.1 Å². The van der Waals surface area contributed by atoms with Crippen molar-refractivity contribution in [3.05, 3.63) is 101 Å². The number of amides is 3. The molecular formula is C23H19N7O8S2. The van der Waals surface area contributed by atoms with Gasteiger partial charge in [0.2, 0.25) is 0 Å². The van der Waals surface area contributed by atoms with Crippen LogP contribution in [0, 0.1) is 30.3 Å². The fourth-order valence-electron chi connectivity index (χ4n) is 3.72. The number of hydrogen-bond donors (Lipinski definition) is 2. The Hall–Kier alpha value is -4.90. The second kappa shape index (κ2) is 12.3. The van der Waals surface area contributed by atoms with E-state index in [0.717, 1.165) is 34.2 Å². The molecule has 1 aliphatic heterocycles. The standard InChI is InChI=1S/C23H19N7O8S2/c31-20-18(12-14-6-1-3-8-16(14)28(33)34)39-21(15-7-2-4-9-17(15)29(35)36)27(20)23(32)25-11-5-10-24-22-26-13-19(40-22)30(37)38/h1-4,6-9,12-13,21H,5,10-11H2,(H,24,26)(H,25,32)/b18-12-. The maximum absolute atomic E-state index is 13.4. The molecule has 15 nitrogen and oxygen atoms in total. The van der Waals surface area contributed by atoms with Crippen molar-refractivity contribution in [3.63, 3.8) is 0 Å². The predicted octanol–water partition coefficient (Wildman–Crippen LogP) is 4.69. The first-order valence-corrected chi connectivity index (χ1v) is 13.2. The monoisotopic (exact) mass is 585 g/mol. The molecule has 2 aromatic carbocycles. The maximum atomic E-state index is 13.4. The summed E-state index contributed by atoms with van der Waals surface area (Å²) in [6.45, 7) is 0.407. The van der Waals surface area contributed by atoms with Crippen LogP contribution in [0.15, 0.2) is 59.6 Å². The largest absolute Gasteiger partial charge is 0.361 e. The van der Waals surface area contributed by atoms with Gasteiger partial charge in [0.05, 0.1) is 30.8 Å². The van der Waals surface area contributed by atoms with Gasteiger partial charge in [-0.1, -0.05) is 36.0 Å². The summed E-state index contributed by atoms with van der Waals surface area (Å²) in [5.74, 6) is -0.767. The number of nitrogens with one attached hydrogen (secondary N) is 2. The number of imide groups is 1. The van der Waals surface area contributed by atoms with E-state index in [1.807, 2.05) is 0 Å². The molecule has 1 aromatic heterocycles. The Bertz CT molecular complexity index is 1530. The number of rotatable bonds is 10. The number of benzene rings is 2. The number of hydrogen-bond acceptors (Lipinski definition) is 12. The van der Waals surface area contributed by atoms with Crippen molar-refractivity contribution in [2.45, 2.75) is 11.8 Å². The molecule has 1 aliphatic rings. The maximum Gasteiger partial charge on any atom is 0.345 e. The summed E-state index contributed by atoms with van der Waals surface area (Å²) in [5, 5.41) is 38.5. The highest BCUT2D eigenvalue weighted by molar-refractivity contribution is 8.04. The van der Waals surface area contributed by atoms with Gasteiger partial charge in [-0.3, -0.25) is 35.1 Å².